The normalized spacial score (nSPS) is 17.9. The molecular formula is C30H40BN5O7. The minimum absolute atomic E-state index is 0.0612. The van der Waals surface area contributed by atoms with Gasteiger partial charge in [0, 0.05) is 52.8 Å². The van der Waals surface area contributed by atoms with Gasteiger partial charge in [-0.2, -0.15) is 0 Å². The van der Waals surface area contributed by atoms with Crippen molar-refractivity contribution in [2.75, 3.05) is 28.2 Å². The fraction of sp³-hybridized carbons (Fsp3) is 0.500. The van der Waals surface area contributed by atoms with E-state index in [1.54, 1.807) is 14.1 Å². The molecule has 2 aromatic rings. The van der Waals surface area contributed by atoms with Crippen LogP contribution in [0.2, 0.25) is 5.82 Å². The van der Waals surface area contributed by atoms with E-state index in [1.165, 1.54) is 42.5 Å². The van der Waals surface area contributed by atoms with Crippen molar-refractivity contribution < 1.29 is 33.3 Å². The molecule has 0 radical (unpaired) electrons. The number of benzene rings is 1. The highest BCUT2D eigenvalue weighted by atomic mass is 16.6. The summed E-state index contributed by atoms with van der Waals surface area (Å²) in [5.41, 5.74) is -0.889. The molecule has 0 spiro atoms. The Bertz CT molecular complexity index is 1290. The van der Waals surface area contributed by atoms with Crippen LogP contribution in [0.4, 0.5) is 0 Å². The first-order valence-electron chi connectivity index (χ1n) is 14.2. The lowest BCUT2D eigenvalue weighted by atomic mass is 9.63. The Morgan fingerprint density at radius 3 is 2.33 bits per heavy atom. The van der Waals surface area contributed by atoms with Gasteiger partial charge in [0.15, 0.2) is 11.4 Å². The maximum atomic E-state index is 13.9. The SMILES string of the molecule is CC(C)C[C@H](CC(=O)[C@H](Cc1ccccc1)NC(=O)c1cnccn1)B1OC(=O)C[C@@](CC(=O)N(C)C)(C(=O)N(C)C)O1. The standard InChI is InChI=1S/C30H40BN5O7/c1-20(2)14-22(31-42-27(39)18-30(43-31,29(41)36(5)6)17-26(38)35(3)4)16-25(37)23(15-21-10-8-7-9-11-21)34-28(40)24-19-32-12-13-33-24/h7-13,19-20,22-23H,14-18H2,1-6H3,(H,34,40)/t22-,23+,30+/m1/s1. The number of hydrogen-bond acceptors (Lipinski definition) is 9. The maximum Gasteiger partial charge on any atom is 0.531 e. The van der Waals surface area contributed by atoms with Crippen molar-refractivity contribution in [1.29, 1.82) is 0 Å². The lowest BCUT2D eigenvalue weighted by Gasteiger charge is -2.41. The molecule has 43 heavy (non-hydrogen) atoms. The van der Waals surface area contributed by atoms with Crippen LogP contribution in [0.3, 0.4) is 0 Å². The molecule has 0 unspecified atom stereocenters. The number of Topliss-reactive ketones (excluding diaryl/α,β-unsaturated/α-hetero) is 1. The summed E-state index contributed by atoms with van der Waals surface area (Å²) in [4.78, 5) is 76.6. The topological polar surface area (TPSA) is 148 Å². The van der Waals surface area contributed by atoms with Crippen LogP contribution < -0.4 is 5.32 Å². The molecule has 2 heterocycles. The Morgan fingerprint density at radius 2 is 1.74 bits per heavy atom. The summed E-state index contributed by atoms with van der Waals surface area (Å²) < 4.78 is 11.9. The molecule has 1 N–H and O–H groups in total. The van der Waals surface area contributed by atoms with Crippen molar-refractivity contribution in [1.82, 2.24) is 25.1 Å². The number of rotatable bonds is 13. The highest BCUT2D eigenvalue weighted by molar-refractivity contribution is 6.50. The molecule has 0 aliphatic carbocycles. The molecule has 3 atom stereocenters. The molecule has 1 aromatic carbocycles. The minimum atomic E-state index is -1.78. The monoisotopic (exact) mass is 593 g/mol. The Morgan fingerprint density at radius 1 is 1.05 bits per heavy atom. The Labute approximate surface area is 252 Å². The number of nitrogens with one attached hydrogen (secondary N) is 1. The predicted molar refractivity (Wildman–Crippen MR) is 159 cm³/mol. The van der Waals surface area contributed by atoms with Gasteiger partial charge in [0.1, 0.15) is 5.69 Å². The van der Waals surface area contributed by atoms with Crippen LogP contribution in [0.5, 0.6) is 0 Å². The second-order valence-electron chi connectivity index (χ2n) is 11.7. The van der Waals surface area contributed by atoms with Crippen molar-refractivity contribution in [3.8, 4) is 0 Å². The second-order valence-corrected chi connectivity index (χ2v) is 11.7. The van der Waals surface area contributed by atoms with E-state index in [0.29, 0.717) is 6.42 Å². The van der Waals surface area contributed by atoms with Crippen LogP contribution in [0.1, 0.15) is 55.6 Å². The van der Waals surface area contributed by atoms with Crippen molar-refractivity contribution in [3.05, 3.63) is 60.2 Å². The molecule has 230 valence electrons. The third-order valence-corrected chi connectivity index (χ3v) is 7.15. The van der Waals surface area contributed by atoms with E-state index in [1.807, 2.05) is 44.2 Å². The van der Waals surface area contributed by atoms with E-state index in [9.17, 15) is 24.0 Å². The molecule has 1 fully saturated rings. The molecular weight excluding hydrogens is 553 g/mol. The third-order valence-electron chi connectivity index (χ3n) is 7.15. The first-order valence-corrected chi connectivity index (χ1v) is 14.2. The van der Waals surface area contributed by atoms with Gasteiger partial charge in [-0.25, -0.2) is 4.98 Å². The summed E-state index contributed by atoms with van der Waals surface area (Å²) in [6, 6.07) is 8.32. The molecule has 1 aliphatic heterocycles. The molecule has 0 bridgehead atoms. The number of aromatic nitrogens is 2. The number of nitrogens with zero attached hydrogens (tertiary/aromatic N) is 4. The second kappa shape index (κ2) is 14.9. The molecule has 0 saturated carbocycles. The number of hydrogen-bond donors (Lipinski definition) is 1. The molecule has 3 rings (SSSR count). The smallest absolute Gasteiger partial charge is 0.509 e. The van der Waals surface area contributed by atoms with Gasteiger partial charge >= 0.3 is 7.12 Å². The third kappa shape index (κ3) is 9.18. The summed E-state index contributed by atoms with van der Waals surface area (Å²) in [5.74, 6) is -3.10. The van der Waals surface area contributed by atoms with Gasteiger partial charge in [0.05, 0.1) is 25.1 Å². The molecule has 12 nitrogen and oxygen atoms in total. The van der Waals surface area contributed by atoms with Gasteiger partial charge in [0.25, 0.3) is 17.8 Å². The summed E-state index contributed by atoms with van der Waals surface area (Å²) >= 11 is 0. The largest absolute Gasteiger partial charge is 0.531 e. The zero-order chi connectivity index (χ0) is 31.7. The lowest BCUT2D eigenvalue weighted by molar-refractivity contribution is -0.167. The number of amides is 3. The van der Waals surface area contributed by atoms with E-state index >= 15 is 0 Å². The molecule has 1 aromatic heterocycles. The fourth-order valence-corrected chi connectivity index (χ4v) is 5.04. The van der Waals surface area contributed by atoms with Gasteiger partial charge in [-0.05, 0) is 24.3 Å². The average Bonchev–Trinajstić information content (AvgIpc) is 2.96. The van der Waals surface area contributed by atoms with Crippen LogP contribution in [0.25, 0.3) is 0 Å². The number of carbonyl (C=O) groups is 5. The molecule has 1 saturated heterocycles. The number of ketones is 1. The van der Waals surface area contributed by atoms with Crippen molar-refractivity contribution in [2.45, 2.75) is 63.4 Å². The van der Waals surface area contributed by atoms with Crippen LogP contribution in [0.15, 0.2) is 48.9 Å². The molecule has 13 heteroatoms. The summed E-state index contributed by atoms with van der Waals surface area (Å²) in [6.45, 7) is 3.90. The lowest BCUT2D eigenvalue weighted by Crippen LogP contribution is -2.59. The predicted octanol–water partition coefficient (Wildman–Crippen LogP) is 1.95. The van der Waals surface area contributed by atoms with E-state index in [-0.39, 0.29) is 36.7 Å². The maximum absolute atomic E-state index is 13.9. The van der Waals surface area contributed by atoms with Gasteiger partial charge in [-0.15, -0.1) is 0 Å². The van der Waals surface area contributed by atoms with Crippen molar-refractivity contribution >= 4 is 36.6 Å². The van der Waals surface area contributed by atoms with Gasteiger partial charge in [-0.3, -0.25) is 29.0 Å². The first-order chi connectivity index (χ1) is 20.3. The van der Waals surface area contributed by atoms with Gasteiger partial charge in [0.2, 0.25) is 5.91 Å². The summed E-state index contributed by atoms with van der Waals surface area (Å²) in [7, 11) is 4.88. The number of likely N-dealkylation sites (N-methyl/N-ethyl adjacent to an activating group) is 1. The van der Waals surface area contributed by atoms with E-state index in [0.717, 1.165) is 5.56 Å². The van der Waals surface area contributed by atoms with E-state index in [4.69, 9.17) is 9.31 Å². The summed E-state index contributed by atoms with van der Waals surface area (Å²) in [6.07, 6.45) is 3.84. The highest BCUT2D eigenvalue weighted by Crippen LogP contribution is 2.37. The zero-order valence-corrected chi connectivity index (χ0v) is 25.6. The Hall–Kier alpha value is -4.13. The van der Waals surface area contributed by atoms with Gasteiger partial charge < -0.3 is 24.4 Å². The quantitative estimate of drug-likeness (QED) is 0.344. The van der Waals surface area contributed by atoms with Crippen LogP contribution >= 0.6 is 0 Å². The van der Waals surface area contributed by atoms with Crippen molar-refractivity contribution in [2.24, 2.45) is 5.92 Å². The van der Waals surface area contributed by atoms with Crippen LogP contribution in [-0.2, 0) is 34.9 Å². The first kappa shape index (κ1) is 33.4. The Balaban J connectivity index is 1.92. The molecule has 3 amide bonds. The minimum Gasteiger partial charge on any atom is -0.509 e. The van der Waals surface area contributed by atoms with Crippen molar-refractivity contribution in [3.63, 3.8) is 0 Å². The zero-order valence-electron chi connectivity index (χ0n) is 25.6. The van der Waals surface area contributed by atoms with E-state index in [2.05, 4.69) is 15.3 Å². The number of carbonyl (C=O) groups excluding carboxylic acids is 5. The summed E-state index contributed by atoms with van der Waals surface area (Å²) in [5, 5.41) is 2.79. The highest BCUT2D eigenvalue weighted by Gasteiger charge is 2.55. The van der Waals surface area contributed by atoms with Gasteiger partial charge in [-0.1, -0.05) is 44.2 Å². The van der Waals surface area contributed by atoms with E-state index < -0.39 is 54.7 Å². The molecule has 1 aliphatic rings. The van der Waals surface area contributed by atoms with Crippen LogP contribution in [0, 0.1) is 5.92 Å². The fourth-order valence-electron chi connectivity index (χ4n) is 5.04. The van der Waals surface area contributed by atoms with Crippen LogP contribution in [-0.4, -0.2) is 96.2 Å². The average molecular weight is 593 g/mol. The Kier molecular flexibility index (Phi) is 11.5.